The molecular weight excluding hydrogens is 441 g/mol. The average molecular weight is 472 g/mol. The van der Waals surface area contributed by atoms with E-state index in [-0.39, 0.29) is 17.5 Å². The number of nitrogens with zero attached hydrogens (tertiary/aromatic N) is 2. The molecule has 3 aromatic rings. The molecule has 1 fully saturated rings. The molecule has 0 atom stereocenters. The summed E-state index contributed by atoms with van der Waals surface area (Å²) < 4.78 is 36.9. The van der Waals surface area contributed by atoms with Gasteiger partial charge in [0.2, 0.25) is 5.82 Å². The maximum atomic E-state index is 14.8. The Bertz CT molecular complexity index is 1120. The minimum Gasteiger partial charge on any atom is -0.491 e. The standard InChI is InChI=1S/C25H30FN3O5/c1-4-32-20-13-16(14-21(22(20)26)33-5-2)15-29(17-9-11-27-12-10-17)25-28-19-8-6-7-18(23(19)34-25)24(30)31-3/h6-8,13-14,17,27H,4-5,9-12,15H2,1-3H3. The molecule has 8 nitrogen and oxygen atoms in total. The van der Waals surface area contributed by atoms with Crippen LogP contribution >= 0.6 is 0 Å². The summed E-state index contributed by atoms with van der Waals surface area (Å²) in [5.74, 6) is -0.688. The van der Waals surface area contributed by atoms with E-state index in [0.717, 1.165) is 31.5 Å². The molecule has 0 saturated carbocycles. The first-order valence-corrected chi connectivity index (χ1v) is 11.6. The number of piperidine rings is 1. The molecule has 1 N–H and O–H groups in total. The topological polar surface area (TPSA) is 86.1 Å². The number of oxazole rings is 1. The van der Waals surface area contributed by atoms with Crippen molar-refractivity contribution in [3.8, 4) is 11.5 Å². The third-order valence-corrected chi connectivity index (χ3v) is 5.82. The Balaban J connectivity index is 1.75. The average Bonchev–Trinajstić information content (AvgIpc) is 3.29. The molecule has 2 aromatic carbocycles. The summed E-state index contributed by atoms with van der Waals surface area (Å²) in [5, 5.41) is 3.37. The van der Waals surface area contributed by atoms with Crippen molar-refractivity contribution < 1.29 is 27.8 Å². The Labute approximate surface area is 198 Å². The smallest absolute Gasteiger partial charge is 0.341 e. The molecule has 2 heterocycles. The highest BCUT2D eigenvalue weighted by atomic mass is 19.1. The molecule has 1 aliphatic rings. The maximum Gasteiger partial charge on any atom is 0.341 e. The van der Waals surface area contributed by atoms with E-state index >= 15 is 0 Å². The van der Waals surface area contributed by atoms with E-state index in [1.54, 1.807) is 30.3 Å². The first kappa shape index (κ1) is 23.8. The van der Waals surface area contributed by atoms with Crippen LogP contribution in [0.5, 0.6) is 11.5 Å². The molecule has 0 aliphatic carbocycles. The molecule has 1 aromatic heterocycles. The van der Waals surface area contributed by atoms with Crippen molar-refractivity contribution in [1.29, 1.82) is 0 Å². The third-order valence-electron chi connectivity index (χ3n) is 5.82. The molecule has 1 saturated heterocycles. The lowest BCUT2D eigenvalue weighted by molar-refractivity contribution is 0.0601. The monoisotopic (exact) mass is 471 g/mol. The van der Waals surface area contributed by atoms with Gasteiger partial charge in [-0.1, -0.05) is 6.07 Å². The van der Waals surface area contributed by atoms with Crippen LogP contribution in [0.1, 0.15) is 42.6 Å². The third kappa shape index (κ3) is 4.94. The molecule has 1 aliphatic heterocycles. The Hall–Kier alpha value is -3.33. The van der Waals surface area contributed by atoms with Crippen LogP contribution in [0.3, 0.4) is 0 Å². The summed E-state index contributed by atoms with van der Waals surface area (Å²) in [6, 6.07) is 9.13. The first-order chi connectivity index (χ1) is 16.5. The van der Waals surface area contributed by atoms with Crippen LogP contribution in [-0.2, 0) is 11.3 Å². The number of ether oxygens (including phenoxy) is 3. The number of esters is 1. The number of anilines is 1. The second kappa shape index (κ2) is 10.7. The predicted molar refractivity (Wildman–Crippen MR) is 126 cm³/mol. The predicted octanol–water partition coefficient (Wildman–Crippen LogP) is 4.31. The largest absolute Gasteiger partial charge is 0.491 e. The van der Waals surface area contributed by atoms with Gasteiger partial charge in [0.15, 0.2) is 17.1 Å². The summed E-state index contributed by atoms with van der Waals surface area (Å²) >= 11 is 0. The Morgan fingerprint density at radius 3 is 2.47 bits per heavy atom. The summed E-state index contributed by atoms with van der Waals surface area (Å²) in [4.78, 5) is 19.0. The Morgan fingerprint density at radius 1 is 1.18 bits per heavy atom. The van der Waals surface area contributed by atoms with Gasteiger partial charge in [0.25, 0.3) is 6.01 Å². The summed E-state index contributed by atoms with van der Waals surface area (Å²) in [6.07, 6.45) is 1.78. The van der Waals surface area contributed by atoms with Gasteiger partial charge in [-0.3, -0.25) is 0 Å². The van der Waals surface area contributed by atoms with E-state index in [0.29, 0.717) is 42.4 Å². The Kier molecular flexibility index (Phi) is 7.52. The molecule has 9 heteroatoms. The van der Waals surface area contributed by atoms with Crippen molar-refractivity contribution in [1.82, 2.24) is 10.3 Å². The van der Waals surface area contributed by atoms with E-state index < -0.39 is 11.8 Å². The zero-order valence-electron chi connectivity index (χ0n) is 19.7. The van der Waals surface area contributed by atoms with Gasteiger partial charge in [0.05, 0.1) is 20.3 Å². The fourth-order valence-electron chi connectivity index (χ4n) is 4.24. The molecule has 0 amide bonds. The molecule has 0 bridgehead atoms. The number of halogens is 1. The first-order valence-electron chi connectivity index (χ1n) is 11.6. The SMILES string of the molecule is CCOc1cc(CN(c2nc3cccc(C(=O)OC)c3o2)C2CCNCC2)cc(OCC)c1F. The summed E-state index contributed by atoms with van der Waals surface area (Å²) in [6.45, 7) is 6.44. The van der Waals surface area contributed by atoms with Gasteiger partial charge in [-0.15, -0.1) is 0 Å². The normalized spacial score (nSPS) is 14.2. The van der Waals surface area contributed by atoms with Crippen LogP contribution in [0, 0.1) is 5.82 Å². The van der Waals surface area contributed by atoms with E-state index in [1.165, 1.54) is 7.11 Å². The lowest BCUT2D eigenvalue weighted by Crippen LogP contribution is -2.43. The van der Waals surface area contributed by atoms with Crippen LogP contribution in [0.25, 0.3) is 11.1 Å². The van der Waals surface area contributed by atoms with Gasteiger partial charge in [-0.25, -0.2) is 4.79 Å². The van der Waals surface area contributed by atoms with Crippen molar-refractivity contribution in [2.45, 2.75) is 39.3 Å². The van der Waals surface area contributed by atoms with Crippen molar-refractivity contribution in [2.75, 3.05) is 38.3 Å². The summed E-state index contributed by atoms with van der Waals surface area (Å²) in [5.41, 5.74) is 2.08. The molecule has 4 rings (SSSR count). The number of carbonyl (C=O) groups is 1. The highest BCUT2D eigenvalue weighted by molar-refractivity contribution is 6.01. The van der Waals surface area contributed by atoms with Gasteiger partial charge >= 0.3 is 5.97 Å². The highest BCUT2D eigenvalue weighted by Crippen LogP contribution is 2.33. The molecule has 0 unspecified atom stereocenters. The number of aromatic nitrogens is 1. The van der Waals surface area contributed by atoms with Crippen molar-refractivity contribution >= 4 is 23.1 Å². The lowest BCUT2D eigenvalue weighted by Gasteiger charge is -2.33. The van der Waals surface area contributed by atoms with Gasteiger partial charge < -0.3 is 28.8 Å². The number of nitrogens with one attached hydrogen (secondary N) is 1. The number of carbonyl (C=O) groups excluding carboxylic acids is 1. The van der Waals surface area contributed by atoms with Crippen LogP contribution in [-0.4, -0.2) is 50.4 Å². The summed E-state index contributed by atoms with van der Waals surface area (Å²) in [7, 11) is 1.33. The Morgan fingerprint density at radius 2 is 1.85 bits per heavy atom. The van der Waals surface area contributed by atoms with Crippen molar-refractivity contribution in [3.05, 3.63) is 47.3 Å². The minimum atomic E-state index is -0.509. The molecular formula is C25H30FN3O5. The zero-order valence-corrected chi connectivity index (χ0v) is 19.7. The van der Waals surface area contributed by atoms with Crippen LogP contribution in [0.2, 0.25) is 0 Å². The van der Waals surface area contributed by atoms with Crippen LogP contribution in [0.15, 0.2) is 34.7 Å². The number of fused-ring (bicyclic) bond motifs is 1. The quantitative estimate of drug-likeness (QED) is 0.462. The number of para-hydroxylation sites is 1. The molecule has 0 radical (unpaired) electrons. The van der Waals surface area contributed by atoms with Crippen LogP contribution < -0.4 is 19.7 Å². The fourth-order valence-corrected chi connectivity index (χ4v) is 4.24. The number of benzene rings is 2. The number of hydrogen-bond acceptors (Lipinski definition) is 8. The number of methoxy groups -OCH3 is 1. The van der Waals surface area contributed by atoms with E-state index in [1.807, 2.05) is 13.8 Å². The molecule has 182 valence electrons. The number of hydrogen-bond donors (Lipinski definition) is 1. The second-order valence-electron chi connectivity index (χ2n) is 8.02. The van der Waals surface area contributed by atoms with E-state index in [4.69, 9.17) is 23.6 Å². The number of rotatable bonds is 9. The van der Waals surface area contributed by atoms with Crippen molar-refractivity contribution in [2.24, 2.45) is 0 Å². The zero-order chi connectivity index (χ0) is 24.1. The van der Waals surface area contributed by atoms with Gasteiger partial charge in [-0.05, 0) is 69.6 Å². The van der Waals surface area contributed by atoms with E-state index in [9.17, 15) is 9.18 Å². The van der Waals surface area contributed by atoms with Gasteiger partial charge in [-0.2, -0.15) is 9.37 Å². The van der Waals surface area contributed by atoms with Crippen LogP contribution in [0.4, 0.5) is 10.4 Å². The van der Waals surface area contributed by atoms with E-state index in [2.05, 4.69) is 10.2 Å². The van der Waals surface area contributed by atoms with Crippen molar-refractivity contribution in [3.63, 3.8) is 0 Å². The van der Waals surface area contributed by atoms with Gasteiger partial charge in [0.1, 0.15) is 11.1 Å². The molecule has 0 spiro atoms. The minimum absolute atomic E-state index is 0.145. The lowest BCUT2D eigenvalue weighted by atomic mass is 10.0. The molecule has 34 heavy (non-hydrogen) atoms. The highest BCUT2D eigenvalue weighted by Gasteiger charge is 2.27. The van der Waals surface area contributed by atoms with Gasteiger partial charge in [0, 0.05) is 12.6 Å². The fraction of sp³-hybridized carbons (Fsp3) is 0.440. The second-order valence-corrected chi connectivity index (χ2v) is 8.02. The maximum absolute atomic E-state index is 14.8.